The molecule has 10 heteroatoms. The van der Waals surface area contributed by atoms with Crippen LogP contribution in [0.5, 0.6) is 5.75 Å². The first-order valence-corrected chi connectivity index (χ1v) is 10.9. The van der Waals surface area contributed by atoms with Crippen molar-refractivity contribution < 1.29 is 26.7 Å². The van der Waals surface area contributed by atoms with Gasteiger partial charge in [0.15, 0.2) is 15.6 Å². The molecule has 1 N–H and O–H groups in total. The normalized spacial score (nSPS) is 17.1. The van der Waals surface area contributed by atoms with E-state index in [2.05, 4.69) is 9.72 Å². The van der Waals surface area contributed by atoms with Crippen LogP contribution in [0.15, 0.2) is 47.3 Å². The molecule has 2 aromatic carbocycles. The molecule has 2 heterocycles. The highest BCUT2D eigenvalue weighted by atomic mass is 32.2. The highest BCUT2D eigenvalue weighted by molar-refractivity contribution is 7.92. The van der Waals surface area contributed by atoms with Gasteiger partial charge in [-0.25, -0.2) is 13.2 Å². The van der Waals surface area contributed by atoms with Gasteiger partial charge in [-0.1, -0.05) is 13.0 Å². The van der Waals surface area contributed by atoms with Crippen LogP contribution in [0.4, 0.5) is 8.78 Å². The monoisotopic (exact) mass is 436 g/mol. The minimum atomic E-state index is -3.06. The lowest BCUT2D eigenvalue weighted by Crippen LogP contribution is -2.47. The Bertz CT molecular complexity index is 1300. The molecule has 0 atom stereocenters. The summed E-state index contributed by atoms with van der Waals surface area (Å²) in [7, 11) is -3.06. The van der Waals surface area contributed by atoms with E-state index >= 15 is 0 Å². The van der Waals surface area contributed by atoms with Gasteiger partial charge in [0.05, 0.1) is 28.2 Å². The second kappa shape index (κ2) is 7.05. The number of carbonyl (C=O) groups is 1. The summed E-state index contributed by atoms with van der Waals surface area (Å²) in [6.07, 6.45) is 0.0929. The van der Waals surface area contributed by atoms with Gasteiger partial charge in [0.25, 0.3) is 0 Å². The largest absolute Gasteiger partial charge is 0.435 e. The van der Waals surface area contributed by atoms with Crippen molar-refractivity contribution in [3.63, 3.8) is 0 Å². The van der Waals surface area contributed by atoms with Gasteiger partial charge in [0, 0.05) is 23.5 Å². The van der Waals surface area contributed by atoms with E-state index in [-0.39, 0.29) is 29.5 Å². The molecule has 7 nitrogen and oxygen atoms in total. The summed E-state index contributed by atoms with van der Waals surface area (Å²) in [6, 6.07) is 10.4. The summed E-state index contributed by atoms with van der Waals surface area (Å²) in [6.45, 7) is -1.22. The van der Waals surface area contributed by atoms with Crippen LogP contribution in [-0.2, 0) is 9.84 Å². The number of hydrogen-bond donors (Lipinski definition) is 1. The van der Waals surface area contributed by atoms with Crippen molar-refractivity contribution in [2.45, 2.75) is 20.0 Å². The molecule has 0 saturated carbocycles. The number of sulfone groups is 1. The van der Waals surface area contributed by atoms with Crippen molar-refractivity contribution >= 4 is 26.7 Å². The topological polar surface area (TPSA) is 98.2 Å². The fraction of sp³-hybridized carbons (Fsp3) is 0.300. The Hall–Kier alpha value is -3.01. The lowest BCUT2D eigenvalue weighted by Gasteiger charge is -2.37. The molecule has 4 rings (SSSR count). The first-order chi connectivity index (χ1) is 14.1. The summed E-state index contributed by atoms with van der Waals surface area (Å²) in [4.78, 5) is 27.8. The van der Waals surface area contributed by atoms with Crippen LogP contribution >= 0.6 is 0 Å². The van der Waals surface area contributed by atoms with Crippen LogP contribution in [0.3, 0.4) is 0 Å². The Morgan fingerprint density at radius 3 is 2.63 bits per heavy atom. The predicted molar refractivity (Wildman–Crippen MR) is 106 cm³/mol. The minimum Gasteiger partial charge on any atom is -0.435 e. The second-order valence-electron chi connectivity index (χ2n) is 7.82. The molecule has 0 radical (unpaired) electrons. The quantitative estimate of drug-likeness (QED) is 0.599. The molecule has 1 aromatic heterocycles. The van der Waals surface area contributed by atoms with Crippen molar-refractivity contribution in [2.75, 3.05) is 11.5 Å². The van der Waals surface area contributed by atoms with Crippen LogP contribution in [-0.4, -0.2) is 41.9 Å². The fourth-order valence-corrected chi connectivity index (χ4v) is 6.19. The van der Waals surface area contributed by atoms with Crippen LogP contribution in [0.25, 0.3) is 16.7 Å². The zero-order valence-corrected chi connectivity index (χ0v) is 16.7. The molecular weight excluding hydrogens is 418 g/mol. The number of ketones is 1. The summed E-state index contributed by atoms with van der Waals surface area (Å²) in [5.74, 6) is -0.328. The summed E-state index contributed by atoms with van der Waals surface area (Å²) in [5, 5.41) is 0. The molecule has 30 heavy (non-hydrogen) atoms. The predicted octanol–water partition coefficient (Wildman–Crippen LogP) is 2.93. The van der Waals surface area contributed by atoms with Gasteiger partial charge in [-0.15, -0.1) is 0 Å². The van der Waals surface area contributed by atoms with E-state index in [9.17, 15) is 26.8 Å². The number of ether oxygens (including phenoxy) is 1. The number of imidazole rings is 1. The van der Waals surface area contributed by atoms with Crippen LogP contribution < -0.4 is 10.4 Å². The number of halogens is 2. The molecule has 0 bridgehead atoms. The number of nitrogens with zero attached hydrogens (tertiary/aromatic N) is 1. The Labute approximate surface area is 170 Å². The number of nitrogens with one attached hydrogen (secondary N) is 1. The Morgan fingerprint density at radius 2 is 1.97 bits per heavy atom. The first kappa shape index (κ1) is 20.3. The Balaban J connectivity index is 1.65. The van der Waals surface area contributed by atoms with Gasteiger partial charge in [-0.3, -0.25) is 9.36 Å². The Morgan fingerprint density at radius 1 is 1.23 bits per heavy atom. The van der Waals surface area contributed by atoms with Crippen molar-refractivity contribution in [3.8, 4) is 11.4 Å². The number of fused-ring (bicyclic) bond motifs is 1. The number of rotatable bonds is 6. The number of benzene rings is 2. The summed E-state index contributed by atoms with van der Waals surface area (Å²) >= 11 is 0. The van der Waals surface area contributed by atoms with Crippen LogP contribution in [0.2, 0.25) is 0 Å². The van der Waals surface area contributed by atoms with E-state index in [0.29, 0.717) is 22.3 Å². The van der Waals surface area contributed by atoms with E-state index in [4.69, 9.17) is 0 Å². The van der Waals surface area contributed by atoms with Crippen LogP contribution in [0.1, 0.15) is 23.7 Å². The highest BCUT2D eigenvalue weighted by Crippen LogP contribution is 2.37. The van der Waals surface area contributed by atoms with Crippen LogP contribution in [0, 0.1) is 5.41 Å². The standard InChI is InChI=1S/C20H18F2N2O5S/c1-20(10-30(27,28)11-20)9-17(25)12-5-6-16-15(7-12)23-19(26)24(16)13-3-2-4-14(8-13)29-18(21)22/h2-8,18H,9-11H2,1H3,(H,23,26). The molecule has 1 saturated heterocycles. The molecule has 1 aliphatic rings. The van der Waals surface area contributed by atoms with Crippen molar-refractivity contribution in [1.29, 1.82) is 0 Å². The maximum absolute atomic E-state index is 12.6. The number of hydrogen-bond acceptors (Lipinski definition) is 5. The average molecular weight is 436 g/mol. The molecule has 0 unspecified atom stereocenters. The first-order valence-electron chi connectivity index (χ1n) is 9.09. The summed E-state index contributed by atoms with van der Waals surface area (Å²) in [5.41, 5.74) is 0.475. The van der Waals surface area contributed by atoms with Crippen molar-refractivity contribution in [2.24, 2.45) is 5.41 Å². The number of H-pyrrole nitrogens is 1. The molecular formula is C20H18F2N2O5S. The molecule has 0 aliphatic carbocycles. The molecule has 3 aromatic rings. The van der Waals surface area contributed by atoms with E-state index in [1.54, 1.807) is 25.1 Å². The van der Waals surface area contributed by atoms with Crippen molar-refractivity contribution in [3.05, 3.63) is 58.5 Å². The number of carbonyl (C=O) groups excluding carboxylic acids is 1. The number of alkyl halides is 2. The third-order valence-corrected chi connectivity index (χ3v) is 7.30. The fourth-order valence-electron chi connectivity index (χ4n) is 3.95. The highest BCUT2D eigenvalue weighted by Gasteiger charge is 2.45. The number of aromatic amines is 1. The lowest BCUT2D eigenvalue weighted by atomic mass is 9.86. The SMILES string of the molecule is CC1(CC(=O)c2ccc3c(c2)[nH]c(=O)n3-c2cccc(OC(F)F)c2)CS(=O)(=O)C1. The van der Waals surface area contributed by atoms with E-state index in [1.807, 2.05) is 0 Å². The molecule has 1 fully saturated rings. The van der Waals surface area contributed by atoms with Gasteiger partial charge in [-0.2, -0.15) is 8.78 Å². The van der Waals surface area contributed by atoms with Crippen molar-refractivity contribution in [1.82, 2.24) is 9.55 Å². The average Bonchev–Trinajstić information content (AvgIpc) is 2.94. The van der Waals surface area contributed by atoms with E-state index in [1.165, 1.54) is 28.8 Å². The zero-order valence-electron chi connectivity index (χ0n) is 15.9. The number of Topliss-reactive ketones (excluding diaryl/α,β-unsaturated/α-hetero) is 1. The second-order valence-corrected chi connectivity index (χ2v) is 9.88. The molecule has 0 spiro atoms. The Kier molecular flexibility index (Phi) is 4.76. The third-order valence-electron chi connectivity index (χ3n) is 5.03. The van der Waals surface area contributed by atoms with Gasteiger partial charge in [0.2, 0.25) is 0 Å². The number of aromatic nitrogens is 2. The van der Waals surface area contributed by atoms with Gasteiger partial charge >= 0.3 is 12.3 Å². The maximum atomic E-state index is 12.6. The maximum Gasteiger partial charge on any atom is 0.387 e. The van der Waals surface area contributed by atoms with Gasteiger partial charge in [-0.05, 0) is 30.3 Å². The smallest absolute Gasteiger partial charge is 0.387 e. The van der Waals surface area contributed by atoms with Gasteiger partial charge < -0.3 is 9.72 Å². The molecule has 158 valence electrons. The summed E-state index contributed by atoms with van der Waals surface area (Å²) < 4.78 is 53.5. The minimum absolute atomic E-state index is 0.0157. The lowest BCUT2D eigenvalue weighted by molar-refractivity contribution is -0.0498. The van der Waals surface area contributed by atoms with E-state index in [0.717, 1.165) is 0 Å². The van der Waals surface area contributed by atoms with E-state index < -0.39 is 27.6 Å². The van der Waals surface area contributed by atoms with Gasteiger partial charge in [0.1, 0.15) is 5.75 Å². The third kappa shape index (κ3) is 3.87. The zero-order chi connectivity index (χ0) is 21.7. The molecule has 0 amide bonds. The molecule has 1 aliphatic heterocycles.